The molecule has 0 aromatic carbocycles. The van der Waals surface area contributed by atoms with Gasteiger partial charge in [-0.1, -0.05) is 20.4 Å². The monoisotopic (exact) mass is 356 g/mol. The van der Waals surface area contributed by atoms with Crippen molar-refractivity contribution in [1.82, 2.24) is 0 Å². The van der Waals surface area contributed by atoms with Crippen LogP contribution in [0, 0.1) is 5.92 Å². The van der Waals surface area contributed by atoms with Gasteiger partial charge >= 0.3 is 17.9 Å². The lowest BCUT2D eigenvalue weighted by Gasteiger charge is -2.32. The Morgan fingerprint density at radius 2 is 1.92 bits per heavy atom. The van der Waals surface area contributed by atoms with Crippen LogP contribution < -0.4 is 0 Å². The third-order valence-electron chi connectivity index (χ3n) is 4.18. The van der Waals surface area contributed by atoms with Crippen LogP contribution in [-0.2, 0) is 28.6 Å². The molecule has 142 valence electrons. The van der Waals surface area contributed by atoms with Crippen molar-refractivity contribution >= 4 is 17.9 Å². The average molecular weight is 356 g/mol. The van der Waals surface area contributed by atoms with Crippen molar-refractivity contribution in [2.45, 2.75) is 71.2 Å². The van der Waals surface area contributed by atoms with Crippen LogP contribution in [0.5, 0.6) is 0 Å². The zero-order chi connectivity index (χ0) is 19.0. The molecule has 1 aliphatic rings. The maximum absolute atomic E-state index is 11.8. The zero-order valence-electron chi connectivity index (χ0n) is 15.2. The fraction of sp³-hybridized carbons (Fsp3) is 0.722. The number of carbonyl (C=O) groups excluding carboxylic acids is 3. The molecule has 0 bridgehead atoms. The predicted molar refractivity (Wildman–Crippen MR) is 89.5 cm³/mol. The molecule has 1 N–H and O–H groups in total. The van der Waals surface area contributed by atoms with Crippen LogP contribution in [0.15, 0.2) is 12.2 Å². The van der Waals surface area contributed by atoms with Crippen LogP contribution in [0.25, 0.3) is 0 Å². The molecular weight excluding hydrogens is 328 g/mol. The smallest absolute Gasteiger partial charge is 0.333 e. The lowest BCUT2D eigenvalue weighted by molar-refractivity contribution is -0.167. The summed E-state index contributed by atoms with van der Waals surface area (Å²) in [7, 11) is 0. The van der Waals surface area contributed by atoms with Gasteiger partial charge < -0.3 is 19.3 Å². The Morgan fingerprint density at radius 3 is 2.48 bits per heavy atom. The topological polar surface area (TPSA) is 99.1 Å². The van der Waals surface area contributed by atoms with Gasteiger partial charge in [-0.25, -0.2) is 4.79 Å². The van der Waals surface area contributed by atoms with Gasteiger partial charge in [0.15, 0.2) is 0 Å². The largest absolute Gasteiger partial charge is 0.465 e. The van der Waals surface area contributed by atoms with Gasteiger partial charge in [0.2, 0.25) is 0 Å². The van der Waals surface area contributed by atoms with Crippen LogP contribution in [0.3, 0.4) is 0 Å². The molecule has 4 atom stereocenters. The van der Waals surface area contributed by atoms with E-state index in [-0.39, 0.29) is 31.3 Å². The highest BCUT2D eigenvalue weighted by molar-refractivity contribution is 5.87. The summed E-state index contributed by atoms with van der Waals surface area (Å²) in [4.78, 5) is 34.8. The van der Waals surface area contributed by atoms with E-state index in [1.165, 1.54) is 0 Å². The Hall–Kier alpha value is -1.89. The van der Waals surface area contributed by atoms with E-state index in [1.54, 1.807) is 13.8 Å². The van der Waals surface area contributed by atoms with E-state index in [0.29, 0.717) is 24.8 Å². The van der Waals surface area contributed by atoms with Crippen molar-refractivity contribution in [3.05, 3.63) is 12.2 Å². The molecule has 7 heteroatoms. The third kappa shape index (κ3) is 7.25. The summed E-state index contributed by atoms with van der Waals surface area (Å²) in [5.74, 6) is -1.56. The molecule has 0 spiro atoms. The summed E-state index contributed by atoms with van der Waals surface area (Å²) < 4.78 is 15.4. The molecule has 1 rings (SSSR count). The second-order valence-corrected chi connectivity index (χ2v) is 6.44. The average Bonchev–Trinajstić information content (AvgIpc) is 2.56. The molecule has 0 aromatic rings. The van der Waals surface area contributed by atoms with Gasteiger partial charge in [0.1, 0.15) is 18.8 Å². The highest BCUT2D eigenvalue weighted by Crippen LogP contribution is 2.25. The lowest BCUT2D eigenvalue weighted by atomic mass is 9.92. The highest BCUT2D eigenvalue weighted by Gasteiger charge is 2.33. The van der Waals surface area contributed by atoms with Crippen molar-refractivity contribution in [3.8, 4) is 0 Å². The van der Waals surface area contributed by atoms with Gasteiger partial charge in [0.05, 0.1) is 18.4 Å². The number of aliphatic hydroxyl groups is 1. The first kappa shape index (κ1) is 21.2. The molecule has 0 aromatic heterocycles. The molecule has 0 saturated heterocycles. The van der Waals surface area contributed by atoms with Crippen LogP contribution in [0.1, 0.15) is 52.9 Å². The zero-order valence-corrected chi connectivity index (χ0v) is 15.2. The summed E-state index contributed by atoms with van der Waals surface area (Å²) in [6.07, 6.45) is -0.231. The maximum atomic E-state index is 11.8. The Labute approximate surface area is 148 Å². The van der Waals surface area contributed by atoms with Gasteiger partial charge in [0.25, 0.3) is 0 Å². The van der Waals surface area contributed by atoms with Gasteiger partial charge in [-0.2, -0.15) is 0 Å². The van der Waals surface area contributed by atoms with Crippen molar-refractivity contribution in [3.63, 3.8) is 0 Å². The van der Waals surface area contributed by atoms with Crippen molar-refractivity contribution in [2.75, 3.05) is 6.61 Å². The van der Waals surface area contributed by atoms with E-state index in [4.69, 9.17) is 14.2 Å². The minimum atomic E-state index is -0.900. The lowest BCUT2D eigenvalue weighted by Crippen LogP contribution is -2.40. The van der Waals surface area contributed by atoms with E-state index in [1.807, 2.05) is 6.92 Å². The van der Waals surface area contributed by atoms with E-state index in [9.17, 15) is 19.5 Å². The summed E-state index contributed by atoms with van der Waals surface area (Å²) in [5.41, 5.74) is 0.301. The Morgan fingerprint density at radius 1 is 1.24 bits per heavy atom. The summed E-state index contributed by atoms with van der Waals surface area (Å²) in [6, 6.07) is 0. The minimum Gasteiger partial charge on any atom is -0.465 e. The van der Waals surface area contributed by atoms with Gasteiger partial charge in [-0.15, -0.1) is 0 Å². The van der Waals surface area contributed by atoms with Gasteiger partial charge in [-0.05, 0) is 26.2 Å². The SMILES string of the molecule is C=C(C)C(=O)OC1CCC(OC(=O)CCOC(=O)C(C)CC)C(O)C1. The number of carbonyl (C=O) groups is 3. The number of hydrogen-bond donors (Lipinski definition) is 1. The molecular formula is C18H28O7. The molecule has 4 unspecified atom stereocenters. The fourth-order valence-corrected chi connectivity index (χ4v) is 2.35. The first-order valence-electron chi connectivity index (χ1n) is 8.65. The van der Waals surface area contributed by atoms with E-state index in [0.717, 1.165) is 0 Å². The molecule has 1 fully saturated rings. The number of aliphatic hydroxyl groups excluding tert-OH is 1. The summed E-state index contributed by atoms with van der Waals surface area (Å²) >= 11 is 0. The third-order valence-corrected chi connectivity index (χ3v) is 4.18. The second kappa shape index (κ2) is 10.2. The van der Waals surface area contributed by atoms with E-state index >= 15 is 0 Å². The van der Waals surface area contributed by atoms with Gasteiger partial charge in [0, 0.05) is 12.0 Å². The molecule has 1 aliphatic carbocycles. The molecule has 25 heavy (non-hydrogen) atoms. The number of ether oxygens (including phenoxy) is 3. The minimum absolute atomic E-state index is 0.0380. The first-order chi connectivity index (χ1) is 11.7. The fourth-order valence-electron chi connectivity index (χ4n) is 2.35. The number of rotatable bonds is 8. The van der Waals surface area contributed by atoms with Crippen LogP contribution >= 0.6 is 0 Å². The number of esters is 3. The van der Waals surface area contributed by atoms with Crippen molar-refractivity contribution in [1.29, 1.82) is 0 Å². The Balaban J connectivity index is 2.31. The van der Waals surface area contributed by atoms with E-state index in [2.05, 4.69) is 6.58 Å². The second-order valence-electron chi connectivity index (χ2n) is 6.44. The quantitative estimate of drug-likeness (QED) is 0.403. The normalized spacial score (nSPS) is 24.1. The first-order valence-corrected chi connectivity index (χ1v) is 8.65. The van der Waals surface area contributed by atoms with Crippen LogP contribution in [0.4, 0.5) is 0 Å². The number of hydrogen-bond acceptors (Lipinski definition) is 7. The van der Waals surface area contributed by atoms with Crippen LogP contribution in [0.2, 0.25) is 0 Å². The molecule has 7 nitrogen and oxygen atoms in total. The summed E-state index contributed by atoms with van der Waals surface area (Å²) in [5, 5.41) is 10.1. The molecule has 1 saturated carbocycles. The van der Waals surface area contributed by atoms with Crippen molar-refractivity contribution < 1.29 is 33.7 Å². The predicted octanol–water partition coefficient (Wildman–Crippen LogP) is 1.91. The highest BCUT2D eigenvalue weighted by atomic mass is 16.6. The van der Waals surface area contributed by atoms with E-state index < -0.39 is 30.3 Å². The van der Waals surface area contributed by atoms with Crippen molar-refractivity contribution in [2.24, 2.45) is 5.92 Å². The summed E-state index contributed by atoms with van der Waals surface area (Å²) in [6.45, 7) is 8.67. The maximum Gasteiger partial charge on any atom is 0.333 e. The Kier molecular flexibility index (Phi) is 8.61. The molecule has 0 radical (unpaired) electrons. The molecule has 0 aliphatic heterocycles. The Bertz CT molecular complexity index is 500. The molecule has 0 amide bonds. The standard InChI is InChI=1S/C18H28O7/c1-5-12(4)18(22)23-9-8-16(20)25-15-7-6-13(10-14(15)19)24-17(21)11(2)3/h12-15,19H,2,5-10H2,1,3-4H3. The van der Waals surface area contributed by atoms with Crippen LogP contribution in [-0.4, -0.2) is 47.9 Å². The van der Waals surface area contributed by atoms with Gasteiger partial charge in [-0.3, -0.25) is 9.59 Å². The molecule has 0 heterocycles.